The zero-order valence-corrected chi connectivity index (χ0v) is 21.2. The highest BCUT2D eigenvalue weighted by atomic mass is 35.5. The molecule has 3 aromatic rings. The standard InChI is InChI=1S/C30H29ClN2O4/c31-24-13-11-22(12-14-24)19-33(28(34)17-21-7-3-1-4-8-21)29(23-9-5-2-6-10-23)30(35)32-25-15-16-26-27(18-25)37-20-36-26/h1-5,7-8,11-16,18,23,29H,6,9-10,17,19-20H2,(H,32,35)/t23-,29-/m1/s1. The molecule has 2 atom stereocenters. The Hall–Kier alpha value is -3.77. The van der Waals surface area contributed by atoms with E-state index in [4.69, 9.17) is 21.1 Å². The number of halogens is 1. The lowest BCUT2D eigenvalue weighted by atomic mass is 9.85. The van der Waals surface area contributed by atoms with Crippen molar-refractivity contribution in [2.24, 2.45) is 5.92 Å². The fourth-order valence-corrected chi connectivity index (χ4v) is 5.03. The Kier molecular flexibility index (Phi) is 7.76. The maximum atomic E-state index is 13.9. The van der Waals surface area contributed by atoms with Crippen LogP contribution in [0.25, 0.3) is 0 Å². The van der Waals surface area contributed by atoms with E-state index in [1.54, 1.807) is 23.1 Å². The van der Waals surface area contributed by atoms with Crippen molar-refractivity contribution in [3.63, 3.8) is 0 Å². The first kappa shape index (κ1) is 24.9. The molecule has 0 spiro atoms. The molecule has 1 heterocycles. The fourth-order valence-electron chi connectivity index (χ4n) is 4.90. The van der Waals surface area contributed by atoms with Gasteiger partial charge in [-0.25, -0.2) is 0 Å². The van der Waals surface area contributed by atoms with Crippen LogP contribution >= 0.6 is 11.6 Å². The molecule has 0 radical (unpaired) electrons. The van der Waals surface area contributed by atoms with Gasteiger partial charge in [0.15, 0.2) is 11.5 Å². The van der Waals surface area contributed by atoms with Gasteiger partial charge in [0.1, 0.15) is 6.04 Å². The number of carbonyl (C=O) groups is 2. The number of carbonyl (C=O) groups excluding carboxylic acids is 2. The van der Waals surface area contributed by atoms with Crippen LogP contribution in [0.15, 0.2) is 84.9 Å². The second kappa shape index (κ2) is 11.5. The minimum absolute atomic E-state index is 0.00830. The van der Waals surface area contributed by atoms with E-state index in [0.29, 0.717) is 28.8 Å². The Bertz CT molecular complexity index is 1280. The van der Waals surface area contributed by atoms with Crippen molar-refractivity contribution in [2.75, 3.05) is 12.1 Å². The first-order valence-corrected chi connectivity index (χ1v) is 12.9. The summed E-state index contributed by atoms with van der Waals surface area (Å²) in [5.41, 5.74) is 2.43. The lowest BCUT2D eigenvalue weighted by molar-refractivity contribution is -0.141. The van der Waals surface area contributed by atoms with E-state index in [9.17, 15) is 9.59 Å². The van der Waals surface area contributed by atoms with E-state index in [1.807, 2.05) is 54.6 Å². The van der Waals surface area contributed by atoms with Gasteiger partial charge in [-0.1, -0.05) is 66.2 Å². The van der Waals surface area contributed by atoms with Crippen LogP contribution in [-0.2, 0) is 22.6 Å². The minimum atomic E-state index is -0.651. The normalized spacial score (nSPS) is 16.7. The number of hydrogen-bond acceptors (Lipinski definition) is 4. The molecule has 1 N–H and O–H groups in total. The van der Waals surface area contributed by atoms with Crippen LogP contribution < -0.4 is 14.8 Å². The van der Waals surface area contributed by atoms with Gasteiger partial charge in [-0.2, -0.15) is 0 Å². The summed E-state index contributed by atoms with van der Waals surface area (Å²) in [5, 5.41) is 3.67. The van der Waals surface area contributed by atoms with Crippen LogP contribution in [0.5, 0.6) is 11.5 Å². The molecule has 0 aromatic heterocycles. The summed E-state index contributed by atoms with van der Waals surface area (Å²) in [7, 11) is 0. The smallest absolute Gasteiger partial charge is 0.247 e. The average Bonchev–Trinajstić information content (AvgIpc) is 3.39. The van der Waals surface area contributed by atoms with Crippen LogP contribution in [0.2, 0.25) is 5.02 Å². The average molecular weight is 517 g/mol. The van der Waals surface area contributed by atoms with E-state index in [-0.39, 0.29) is 30.9 Å². The van der Waals surface area contributed by atoms with Crippen LogP contribution in [0.1, 0.15) is 30.4 Å². The fraction of sp³-hybridized carbons (Fsp3) is 0.267. The van der Waals surface area contributed by atoms with Crippen molar-refractivity contribution in [1.82, 2.24) is 4.90 Å². The van der Waals surface area contributed by atoms with Gasteiger partial charge in [0.05, 0.1) is 6.42 Å². The van der Waals surface area contributed by atoms with Gasteiger partial charge in [0, 0.05) is 23.3 Å². The molecule has 3 aromatic carbocycles. The number of benzene rings is 3. The molecular weight excluding hydrogens is 488 g/mol. The highest BCUT2D eigenvalue weighted by Crippen LogP contribution is 2.35. The number of anilines is 1. The van der Waals surface area contributed by atoms with Crippen LogP contribution in [-0.4, -0.2) is 29.5 Å². The van der Waals surface area contributed by atoms with E-state index >= 15 is 0 Å². The third-order valence-corrected chi connectivity index (χ3v) is 7.04. The number of ether oxygens (including phenoxy) is 2. The van der Waals surface area contributed by atoms with Gasteiger partial charge in [-0.15, -0.1) is 0 Å². The van der Waals surface area contributed by atoms with Gasteiger partial charge in [0.25, 0.3) is 0 Å². The number of rotatable bonds is 8. The zero-order chi connectivity index (χ0) is 25.6. The molecule has 0 fully saturated rings. The summed E-state index contributed by atoms with van der Waals surface area (Å²) in [6.07, 6.45) is 6.89. The third-order valence-electron chi connectivity index (χ3n) is 6.79. The van der Waals surface area contributed by atoms with Gasteiger partial charge in [-0.05, 0) is 60.6 Å². The third kappa shape index (κ3) is 6.15. The highest BCUT2D eigenvalue weighted by molar-refractivity contribution is 6.30. The Morgan fingerprint density at radius 1 is 0.946 bits per heavy atom. The molecule has 7 heteroatoms. The number of hydrogen-bond donors (Lipinski definition) is 1. The highest BCUT2D eigenvalue weighted by Gasteiger charge is 2.36. The van der Waals surface area contributed by atoms with E-state index in [0.717, 1.165) is 30.4 Å². The van der Waals surface area contributed by atoms with Crippen molar-refractivity contribution in [2.45, 2.75) is 38.3 Å². The predicted octanol–water partition coefficient (Wildman–Crippen LogP) is 6.00. The Labute approximate surface area is 221 Å². The summed E-state index contributed by atoms with van der Waals surface area (Å²) in [6, 6.07) is 21.7. The minimum Gasteiger partial charge on any atom is -0.454 e. The largest absolute Gasteiger partial charge is 0.454 e. The molecule has 0 saturated carbocycles. The Balaban J connectivity index is 1.46. The molecule has 2 aliphatic rings. The summed E-state index contributed by atoms with van der Waals surface area (Å²) >= 11 is 6.11. The van der Waals surface area contributed by atoms with Crippen molar-refractivity contribution >= 4 is 29.1 Å². The monoisotopic (exact) mass is 516 g/mol. The van der Waals surface area contributed by atoms with E-state index in [2.05, 4.69) is 17.5 Å². The molecule has 0 saturated heterocycles. The quantitative estimate of drug-likeness (QED) is 0.373. The number of nitrogens with zero attached hydrogens (tertiary/aromatic N) is 1. The molecule has 2 amide bonds. The molecule has 6 nitrogen and oxygen atoms in total. The van der Waals surface area contributed by atoms with Gasteiger partial charge in [0.2, 0.25) is 18.6 Å². The molecule has 5 rings (SSSR count). The second-order valence-corrected chi connectivity index (χ2v) is 9.79. The number of amides is 2. The van der Waals surface area contributed by atoms with Crippen LogP contribution in [0.4, 0.5) is 5.69 Å². The maximum absolute atomic E-state index is 13.9. The lowest BCUT2D eigenvalue weighted by Gasteiger charge is -2.37. The summed E-state index contributed by atoms with van der Waals surface area (Å²) < 4.78 is 10.9. The predicted molar refractivity (Wildman–Crippen MR) is 144 cm³/mol. The Morgan fingerprint density at radius 2 is 1.73 bits per heavy atom. The number of nitrogens with one attached hydrogen (secondary N) is 1. The molecule has 37 heavy (non-hydrogen) atoms. The first-order valence-electron chi connectivity index (χ1n) is 12.5. The SMILES string of the molecule is O=C(Nc1ccc2c(c1)OCO2)[C@@H]([C@@H]1CC=CCC1)N(Cc1ccc(Cl)cc1)C(=O)Cc1ccccc1. The van der Waals surface area contributed by atoms with Crippen molar-refractivity contribution < 1.29 is 19.1 Å². The van der Waals surface area contributed by atoms with E-state index in [1.165, 1.54) is 0 Å². The summed E-state index contributed by atoms with van der Waals surface area (Å²) in [4.78, 5) is 29.5. The van der Waals surface area contributed by atoms with Crippen molar-refractivity contribution in [3.05, 3.63) is 101 Å². The molecule has 0 unspecified atom stereocenters. The number of fused-ring (bicyclic) bond motifs is 1. The topological polar surface area (TPSA) is 67.9 Å². The van der Waals surface area contributed by atoms with Crippen molar-refractivity contribution in [1.29, 1.82) is 0 Å². The zero-order valence-electron chi connectivity index (χ0n) is 20.4. The van der Waals surface area contributed by atoms with E-state index < -0.39 is 6.04 Å². The Morgan fingerprint density at radius 3 is 2.49 bits per heavy atom. The molecule has 0 bridgehead atoms. The van der Waals surface area contributed by atoms with Gasteiger partial charge >= 0.3 is 0 Å². The van der Waals surface area contributed by atoms with Gasteiger partial charge in [-0.3, -0.25) is 9.59 Å². The van der Waals surface area contributed by atoms with Crippen LogP contribution in [0.3, 0.4) is 0 Å². The second-order valence-electron chi connectivity index (χ2n) is 9.36. The maximum Gasteiger partial charge on any atom is 0.247 e. The van der Waals surface area contributed by atoms with Gasteiger partial charge < -0.3 is 19.7 Å². The molecule has 1 aliphatic carbocycles. The molecule has 1 aliphatic heterocycles. The summed E-state index contributed by atoms with van der Waals surface area (Å²) in [6.45, 7) is 0.467. The molecular formula is C30H29ClN2O4. The lowest BCUT2D eigenvalue weighted by Crippen LogP contribution is -2.51. The molecule has 190 valence electrons. The van der Waals surface area contributed by atoms with Crippen LogP contribution in [0, 0.1) is 5.92 Å². The summed E-state index contributed by atoms with van der Waals surface area (Å²) in [5.74, 6) is 0.921. The van der Waals surface area contributed by atoms with Crippen molar-refractivity contribution in [3.8, 4) is 11.5 Å². The first-order chi connectivity index (χ1) is 18.1. The number of allylic oxidation sites excluding steroid dienone is 2.